The normalized spacial score (nSPS) is 12.4. The Bertz CT molecular complexity index is 647. The van der Waals surface area contributed by atoms with Crippen LogP contribution in [0.1, 0.15) is 54.5 Å². The van der Waals surface area contributed by atoms with Gasteiger partial charge in [0.2, 0.25) is 0 Å². The number of benzene rings is 1. The molecule has 1 heterocycles. The molecule has 0 aliphatic carbocycles. The van der Waals surface area contributed by atoms with Crippen molar-refractivity contribution in [2.75, 3.05) is 13.1 Å². The Balaban J connectivity index is 2.14. The third-order valence-electron chi connectivity index (χ3n) is 3.90. The van der Waals surface area contributed by atoms with Crippen LogP contribution < -0.4 is 0 Å². The number of likely N-dealkylation sites (N-methyl/N-ethyl adjacent to an activating group) is 1. The van der Waals surface area contributed by atoms with E-state index >= 15 is 0 Å². The number of nitrogens with zero attached hydrogens (tertiary/aromatic N) is 3. The number of carbonyl (C=O) groups excluding carboxylic acids is 1. The molecule has 124 valence electrons. The summed E-state index contributed by atoms with van der Waals surface area (Å²) in [4.78, 5) is 14.4. The summed E-state index contributed by atoms with van der Waals surface area (Å²) >= 11 is 0. The largest absolute Gasteiger partial charge is 0.387 e. The van der Waals surface area contributed by atoms with Gasteiger partial charge >= 0.3 is 0 Å². The van der Waals surface area contributed by atoms with Crippen molar-refractivity contribution in [3.05, 3.63) is 53.3 Å². The molecule has 0 aliphatic rings. The van der Waals surface area contributed by atoms with Crippen molar-refractivity contribution in [2.45, 2.75) is 39.8 Å². The Labute approximate surface area is 137 Å². The molecule has 23 heavy (non-hydrogen) atoms. The third kappa shape index (κ3) is 3.99. The summed E-state index contributed by atoms with van der Waals surface area (Å²) in [6, 6.07) is 9.57. The van der Waals surface area contributed by atoms with Gasteiger partial charge in [-0.05, 0) is 39.3 Å². The number of carbonyl (C=O) groups is 1. The summed E-state index contributed by atoms with van der Waals surface area (Å²) in [6.07, 6.45) is 0.937. The van der Waals surface area contributed by atoms with E-state index in [9.17, 15) is 9.90 Å². The molecule has 0 saturated heterocycles. The Morgan fingerprint density at radius 2 is 1.91 bits per heavy atom. The molecule has 0 bridgehead atoms. The zero-order valence-corrected chi connectivity index (χ0v) is 14.2. The Morgan fingerprint density at radius 3 is 2.48 bits per heavy atom. The molecule has 1 aromatic heterocycles. The van der Waals surface area contributed by atoms with Crippen molar-refractivity contribution >= 4 is 5.91 Å². The lowest BCUT2D eigenvalue weighted by molar-refractivity contribution is 0.0621. The zero-order valence-electron chi connectivity index (χ0n) is 14.2. The molecule has 5 heteroatoms. The lowest BCUT2D eigenvalue weighted by atomic mass is 10.1. The fraction of sp³-hybridized carbons (Fsp3) is 0.444. The van der Waals surface area contributed by atoms with E-state index < -0.39 is 6.10 Å². The first-order chi connectivity index (χ1) is 10.9. The molecule has 2 aromatic rings. The van der Waals surface area contributed by atoms with Crippen LogP contribution in [0.2, 0.25) is 0 Å². The molecule has 1 aromatic carbocycles. The molecule has 5 nitrogen and oxygen atoms in total. The van der Waals surface area contributed by atoms with Crippen LogP contribution >= 0.6 is 0 Å². The molecule has 0 radical (unpaired) electrons. The maximum absolute atomic E-state index is 12.7. The Hall–Kier alpha value is -2.14. The maximum atomic E-state index is 12.7. The number of aryl methyl sites for hydroxylation is 1. The van der Waals surface area contributed by atoms with Gasteiger partial charge in [-0.1, -0.05) is 29.8 Å². The van der Waals surface area contributed by atoms with E-state index in [2.05, 4.69) is 5.10 Å². The number of aliphatic hydroxyl groups is 1. The highest BCUT2D eigenvalue weighted by Gasteiger charge is 2.22. The van der Waals surface area contributed by atoms with Gasteiger partial charge in [0, 0.05) is 18.8 Å². The second kappa shape index (κ2) is 7.42. The standard InChI is InChI=1S/C18H25N3O2/c1-5-20(12-17(22)15-8-6-14(4)7-9-15)18(23)16-10-11-19-21(16)13(2)3/h6-11,13,17,22H,5,12H2,1-4H3. The van der Waals surface area contributed by atoms with Gasteiger partial charge in [-0.2, -0.15) is 5.10 Å². The highest BCUT2D eigenvalue weighted by Crippen LogP contribution is 2.17. The van der Waals surface area contributed by atoms with E-state index in [0.717, 1.165) is 11.1 Å². The highest BCUT2D eigenvalue weighted by atomic mass is 16.3. The lowest BCUT2D eigenvalue weighted by Crippen LogP contribution is -2.36. The van der Waals surface area contributed by atoms with Crippen LogP contribution in [0.4, 0.5) is 0 Å². The van der Waals surface area contributed by atoms with Gasteiger partial charge in [-0.3, -0.25) is 9.48 Å². The molecule has 2 rings (SSSR count). The number of aromatic nitrogens is 2. The van der Waals surface area contributed by atoms with Gasteiger partial charge in [0.15, 0.2) is 0 Å². The summed E-state index contributed by atoms with van der Waals surface area (Å²) in [5.41, 5.74) is 2.52. The average Bonchev–Trinajstić information content (AvgIpc) is 3.02. The van der Waals surface area contributed by atoms with Crippen LogP contribution in [0.15, 0.2) is 36.5 Å². The Morgan fingerprint density at radius 1 is 1.26 bits per heavy atom. The van der Waals surface area contributed by atoms with Crippen molar-refractivity contribution in [2.24, 2.45) is 0 Å². The van der Waals surface area contributed by atoms with Gasteiger partial charge in [0.25, 0.3) is 5.91 Å². The number of aliphatic hydroxyl groups excluding tert-OH is 1. The van der Waals surface area contributed by atoms with Crippen molar-refractivity contribution < 1.29 is 9.90 Å². The molecular formula is C18H25N3O2. The fourth-order valence-electron chi connectivity index (χ4n) is 2.52. The second-order valence-electron chi connectivity index (χ2n) is 6.03. The second-order valence-corrected chi connectivity index (χ2v) is 6.03. The van der Waals surface area contributed by atoms with Crippen LogP contribution in [0.5, 0.6) is 0 Å². The van der Waals surface area contributed by atoms with E-state index in [4.69, 9.17) is 0 Å². The molecule has 0 saturated carbocycles. The predicted octanol–water partition coefficient (Wildman–Crippen LogP) is 2.97. The van der Waals surface area contributed by atoms with E-state index in [1.807, 2.05) is 52.0 Å². The van der Waals surface area contributed by atoms with Crippen molar-refractivity contribution in [1.82, 2.24) is 14.7 Å². The molecular weight excluding hydrogens is 290 g/mol. The molecule has 1 amide bonds. The quantitative estimate of drug-likeness (QED) is 0.891. The van der Waals surface area contributed by atoms with Crippen molar-refractivity contribution in [3.63, 3.8) is 0 Å². The third-order valence-corrected chi connectivity index (χ3v) is 3.90. The van der Waals surface area contributed by atoms with Gasteiger partial charge in [0.1, 0.15) is 5.69 Å². The van der Waals surface area contributed by atoms with Gasteiger partial charge < -0.3 is 10.0 Å². The number of hydrogen-bond donors (Lipinski definition) is 1. The molecule has 0 aliphatic heterocycles. The summed E-state index contributed by atoms with van der Waals surface area (Å²) in [7, 11) is 0. The van der Waals surface area contributed by atoms with Crippen LogP contribution in [-0.2, 0) is 0 Å². The van der Waals surface area contributed by atoms with E-state index in [-0.39, 0.29) is 18.5 Å². The number of hydrogen-bond acceptors (Lipinski definition) is 3. The fourth-order valence-corrected chi connectivity index (χ4v) is 2.52. The Kier molecular flexibility index (Phi) is 5.55. The summed E-state index contributed by atoms with van der Waals surface area (Å²) < 4.78 is 1.71. The van der Waals surface area contributed by atoms with E-state index in [0.29, 0.717) is 12.2 Å². The first-order valence-electron chi connectivity index (χ1n) is 8.01. The molecule has 1 atom stereocenters. The van der Waals surface area contributed by atoms with Crippen LogP contribution in [0.25, 0.3) is 0 Å². The van der Waals surface area contributed by atoms with Gasteiger partial charge in [-0.25, -0.2) is 0 Å². The minimum atomic E-state index is -0.699. The van der Waals surface area contributed by atoms with Crippen LogP contribution in [-0.4, -0.2) is 38.8 Å². The van der Waals surface area contributed by atoms with Crippen molar-refractivity contribution in [3.8, 4) is 0 Å². The first-order valence-corrected chi connectivity index (χ1v) is 8.01. The summed E-state index contributed by atoms with van der Waals surface area (Å²) in [5, 5.41) is 14.6. The van der Waals surface area contributed by atoms with Gasteiger partial charge in [0.05, 0.1) is 12.6 Å². The topological polar surface area (TPSA) is 58.4 Å². The zero-order chi connectivity index (χ0) is 17.0. The smallest absolute Gasteiger partial charge is 0.272 e. The molecule has 0 fully saturated rings. The highest BCUT2D eigenvalue weighted by molar-refractivity contribution is 5.92. The average molecular weight is 315 g/mol. The predicted molar refractivity (Wildman–Crippen MR) is 90.3 cm³/mol. The summed E-state index contributed by atoms with van der Waals surface area (Å²) in [5.74, 6) is -0.107. The molecule has 0 spiro atoms. The van der Waals surface area contributed by atoms with Crippen LogP contribution in [0, 0.1) is 6.92 Å². The molecule has 1 unspecified atom stereocenters. The minimum absolute atomic E-state index is 0.107. The minimum Gasteiger partial charge on any atom is -0.387 e. The monoisotopic (exact) mass is 315 g/mol. The first kappa shape index (κ1) is 17.2. The van der Waals surface area contributed by atoms with E-state index in [1.165, 1.54) is 0 Å². The maximum Gasteiger partial charge on any atom is 0.272 e. The lowest BCUT2D eigenvalue weighted by Gasteiger charge is -2.25. The van der Waals surface area contributed by atoms with E-state index in [1.54, 1.807) is 21.8 Å². The van der Waals surface area contributed by atoms with Crippen molar-refractivity contribution in [1.29, 1.82) is 0 Å². The number of amides is 1. The SMILES string of the molecule is CCN(CC(O)c1ccc(C)cc1)C(=O)c1ccnn1C(C)C. The van der Waals surface area contributed by atoms with Gasteiger partial charge in [-0.15, -0.1) is 0 Å². The molecule has 1 N–H and O–H groups in total. The number of rotatable bonds is 6. The summed E-state index contributed by atoms with van der Waals surface area (Å²) in [6.45, 7) is 8.69. The van der Waals surface area contributed by atoms with Crippen LogP contribution in [0.3, 0.4) is 0 Å².